The summed E-state index contributed by atoms with van der Waals surface area (Å²) in [4.78, 5) is 33.6. The molecule has 2 N–H and O–H groups in total. The first-order valence-electron chi connectivity index (χ1n) is 11.9. The second-order valence-corrected chi connectivity index (χ2v) is 10.3. The lowest BCUT2D eigenvalue weighted by atomic mass is 10.1. The monoisotopic (exact) mass is 558 g/mol. The number of hydrogen-bond acceptors (Lipinski definition) is 7. The molecule has 0 aliphatic carbocycles. The third-order valence-electron chi connectivity index (χ3n) is 5.79. The molecule has 2 atom stereocenters. The maximum Gasteiger partial charge on any atom is 0.534 e. The van der Waals surface area contributed by atoms with Crippen molar-refractivity contribution in [3.8, 4) is 5.75 Å². The van der Waals surface area contributed by atoms with E-state index in [0.29, 0.717) is 34.1 Å². The zero-order valence-corrected chi connectivity index (χ0v) is 22.1. The van der Waals surface area contributed by atoms with Crippen molar-refractivity contribution >= 4 is 43.9 Å². The first kappa shape index (κ1) is 29.0. The molecular formula is C24H29F3N4O6S. The normalized spacial score (nSPS) is 17.7. The number of hydrogen-bond donors (Lipinski definition) is 2. The standard InChI is InChI=1S/C21H21F3N4O6S.C3H8/c1-11-3-8-16(28(11)17(29)10-25-20(30)33-2)19-26-15-7-4-12-9-13(5-6-14(12)18(15)27-19)34-35(31,32)21(22,23)24;1-3-2/h4-7,9,11,16H,3,8,10H2,1-2H3,(H,25,30)(H,26,27);3H2,1-2H3. The lowest BCUT2D eigenvalue weighted by Crippen LogP contribution is -2.43. The molecule has 2 unspecified atom stereocenters. The fraction of sp³-hybridized carbons (Fsp3) is 0.458. The van der Waals surface area contributed by atoms with Gasteiger partial charge in [0.25, 0.3) is 0 Å². The molecule has 14 heteroatoms. The maximum absolute atomic E-state index is 12.8. The Morgan fingerprint density at radius 2 is 1.87 bits per heavy atom. The predicted octanol–water partition coefficient (Wildman–Crippen LogP) is 4.77. The van der Waals surface area contributed by atoms with Crippen molar-refractivity contribution in [2.24, 2.45) is 0 Å². The van der Waals surface area contributed by atoms with Crippen LogP contribution in [0.5, 0.6) is 5.75 Å². The molecule has 208 valence electrons. The van der Waals surface area contributed by atoms with E-state index in [1.807, 2.05) is 6.92 Å². The number of carbonyl (C=O) groups is 2. The average Bonchev–Trinajstić information content (AvgIpc) is 3.45. The van der Waals surface area contributed by atoms with Crippen molar-refractivity contribution in [1.29, 1.82) is 0 Å². The summed E-state index contributed by atoms with van der Waals surface area (Å²) >= 11 is 0. The van der Waals surface area contributed by atoms with Crippen molar-refractivity contribution in [3.05, 3.63) is 36.2 Å². The first-order chi connectivity index (χ1) is 17.8. The van der Waals surface area contributed by atoms with Gasteiger partial charge in [-0.2, -0.15) is 21.6 Å². The van der Waals surface area contributed by atoms with Gasteiger partial charge in [0.15, 0.2) is 0 Å². The molecule has 1 aliphatic rings. The average molecular weight is 559 g/mol. The highest BCUT2D eigenvalue weighted by Gasteiger charge is 2.48. The SMILES string of the molecule is CCC.COC(=O)NCC(=O)N1C(C)CCC1c1nc2c(ccc3cc(OS(=O)(=O)C(F)(F)F)ccc32)[nH]1. The molecule has 1 saturated heterocycles. The minimum Gasteiger partial charge on any atom is -0.453 e. The summed E-state index contributed by atoms with van der Waals surface area (Å²) in [7, 11) is -4.60. The van der Waals surface area contributed by atoms with E-state index < -0.39 is 27.5 Å². The van der Waals surface area contributed by atoms with Crippen LogP contribution in [0.25, 0.3) is 21.8 Å². The van der Waals surface area contributed by atoms with Crippen LogP contribution in [0.2, 0.25) is 0 Å². The Morgan fingerprint density at radius 3 is 2.50 bits per heavy atom. The Morgan fingerprint density at radius 1 is 1.18 bits per heavy atom. The van der Waals surface area contributed by atoms with Crippen LogP contribution in [0.4, 0.5) is 18.0 Å². The molecule has 2 amide bonds. The molecule has 1 aromatic heterocycles. The van der Waals surface area contributed by atoms with Gasteiger partial charge in [-0.15, -0.1) is 0 Å². The van der Waals surface area contributed by atoms with Crippen molar-refractivity contribution < 1.29 is 40.1 Å². The number of H-pyrrole nitrogens is 1. The molecule has 1 fully saturated rings. The van der Waals surface area contributed by atoms with Crippen LogP contribution >= 0.6 is 0 Å². The van der Waals surface area contributed by atoms with Crippen molar-refractivity contribution in [1.82, 2.24) is 20.2 Å². The molecule has 0 saturated carbocycles. The second-order valence-electron chi connectivity index (χ2n) is 8.75. The Balaban J connectivity index is 0.00000127. The second kappa shape index (κ2) is 11.5. The van der Waals surface area contributed by atoms with E-state index in [9.17, 15) is 31.2 Å². The van der Waals surface area contributed by atoms with Gasteiger partial charge in [-0.05, 0) is 49.4 Å². The lowest BCUT2D eigenvalue weighted by molar-refractivity contribution is -0.133. The number of fused-ring (bicyclic) bond motifs is 3. The van der Waals surface area contributed by atoms with Crippen LogP contribution in [0.1, 0.15) is 51.9 Å². The van der Waals surface area contributed by atoms with Crippen molar-refractivity contribution in [2.45, 2.75) is 57.6 Å². The number of ether oxygens (including phenoxy) is 1. The molecular weight excluding hydrogens is 529 g/mol. The molecule has 1 aliphatic heterocycles. The number of alkyl halides is 3. The van der Waals surface area contributed by atoms with E-state index in [1.165, 1.54) is 25.7 Å². The summed E-state index contributed by atoms with van der Waals surface area (Å²) < 4.78 is 69.2. The molecule has 4 rings (SSSR count). The molecule has 2 heterocycles. The van der Waals surface area contributed by atoms with Crippen LogP contribution in [-0.2, 0) is 19.6 Å². The number of halogens is 3. The molecule has 0 bridgehead atoms. The van der Waals surface area contributed by atoms with E-state index in [4.69, 9.17) is 0 Å². The summed E-state index contributed by atoms with van der Waals surface area (Å²) in [6, 6.07) is 6.49. The zero-order chi connectivity index (χ0) is 28.3. The molecule has 2 aromatic carbocycles. The van der Waals surface area contributed by atoms with E-state index in [-0.39, 0.29) is 24.5 Å². The van der Waals surface area contributed by atoms with Gasteiger partial charge >= 0.3 is 21.7 Å². The molecule has 10 nitrogen and oxygen atoms in total. The van der Waals surface area contributed by atoms with Gasteiger partial charge in [-0.1, -0.05) is 26.3 Å². The van der Waals surface area contributed by atoms with E-state index in [0.717, 1.165) is 12.5 Å². The third-order valence-corrected chi connectivity index (χ3v) is 6.77. The number of nitrogens with one attached hydrogen (secondary N) is 2. The van der Waals surface area contributed by atoms with Gasteiger partial charge in [0.05, 0.1) is 24.2 Å². The summed E-state index contributed by atoms with van der Waals surface area (Å²) in [5.74, 6) is -0.268. The van der Waals surface area contributed by atoms with Crippen molar-refractivity contribution in [2.75, 3.05) is 13.7 Å². The van der Waals surface area contributed by atoms with Crippen LogP contribution in [0, 0.1) is 0 Å². The Bertz CT molecular complexity index is 1420. The number of aromatic amines is 1. The summed E-state index contributed by atoms with van der Waals surface area (Å²) in [6.07, 6.45) is 1.89. The van der Waals surface area contributed by atoms with Crippen LogP contribution in [-0.4, -0.2) is 60.5 Å². The van der Waals surface area contributed by atoms with Gasteiger partial charge in [0.1, 0.15) is 18.1 Å². The number of methoxy groups -OCH3 is 1. The number of likely N-dealkylation sites (tertiary alicyclic amines) is 1. The molecule has 3 aromatic rings. The Kier molecular flexibility index (Phi) is 8.75. The number of amides is 2. The highest BCUT2D eigenvalue weighted by atomic mass is 32.2. The minimum absolute atomic E-state index is 0.0906. The number of carbonyl (C=O) groups excluding carboxylic acids is 2. The van der Waals surface area contributed by atoms with E-state index in [2.05, 4.69) is 38.1 Å². The Labute approximate surface area is 217 Å². The number of benzene rings is 2. The lowest BCUT2D eigenvalue weighted by Gasteiger charge is -2.27. The maximum atomic E-state index is 12.8. The van der Waals surface area contributed by atoms with E-state index in [1.54, 1.807) is 17.0 Å². The molecule has 38 heavy (non-hydrogen) atoms. The smallest absolute Gasteiger partial charge is 0.453 e. The molecule has 0 radical (unpaired) electrons. The van der Waals surface area contributed by atoms with E-state index >= 15 is 0 Å². The fourth-order valence-electron chi connectivity index (χ4n) is 4.17. The number of nitrogens with zero attached hydrogens (tertiary/aromatic N) is 2. The quantitative estimate of drug-likeness (QED) is 0.341. The van der Waals surface area contributed by atoms with Gasteiger partial charge in [-0.3, -0.25) is 4.79 Å². The first-order valence-corrected chi connectivity index (χ1v) is 13.3. The summed E-state index contributed by atoms with van der Waals surface area (Å²) in [5, 5.41) is 3.35. The van der Waals surface area contributed by atoms with Crippen LogP contribution in [0.3, 0.4) is 0 Å². The third kappa shape index (κ3) is 6.11. The van der Waals surface area contributed by atoms with Gasteiger partial charge in [-0.25, -0.2) is 9.78 Å². The number of imidazole rings is 1. The zero-order valence-electron chi connectivity index (χ0n) is 21.3. The van der Waals surface area contributed by atoms with Crippen LogP contribution in [0.15, 0.2) is 30.3 Å². The van der Waals surface area contributed by atoms with Gasteiger partial charge in [0, 0.05) is 11.4 Å². The van der Waals surface area contributed by atoms with Crippen molar-refractivity contribution in [3.63, 3.8) is 0 Å². The minimum atomic E-state index is -5.79. The number of aromatic nitrogens is 2. The summed E-state index contributed by atoms with van der Waals surface area (Å²) in [5.41, 5.74) is -4.41. The highest BCUT2D eigenvalue weighted by molar-refractivity contribution is 7.88. The summed E-state index contributed by atoms with van der Waals surface area (Å²) in [6.45, 7) is 5.91. The Hall–Kier alpha value is -3.55. The number of alkyl carbamates (subject to hydrolysis) is 1. The highest BCUT2D eigenvalue weighted by Crippen LogP contribution is 2.37. The van der Waals surface area contributed by atoms with Crippen LogP contribution < -0.4 is 9.50 Å². The topological polar surface area (TPSA) is 131 Å². The largest absolute Gasteiger partial charge is 0.534 e. The molecule has 0 spiro atoms. The fourth-order valence-corrected chi connectivity index (χ4v) is 4.62. The predicted molar refractivity (Wildman–Crippen MR) is 134 cm³/mol. The van der Waals surface area contributed by atoms with Gasteiger partial charge in [0.2, 0.25) is 5.91 Å². The van der Waals surface area contributed by atoms with Gasteiger partial charge < -0.3 is 24.1 Å². The number of rotatable bonds is 5.